The van der Waals surface area contributed by atoms with Crippen LogP contribution >= 0.6 is 11.9 Å². The summed E-state index contributed by atoms with van der Waals surface area (Å²) >= 11 is 1.47. The van der Waals surface area contributed by atoms with E-state index < -0.39 is 17.5 Å². The molecule has 2 heterocycles. The van der Waals surface area contributed by atoms with Gasteiger partial charge in [0.1, 0.15) is 5.75 Å². The van der Waals surface area contributed by atoms with Crippen LogP contribution in [0.2, 0.25) is 0 Å². The maximum atomic E-state index is 12.7. The molecule has 1 unspecified atom stereocenters. The molecule has 9 heteroatoms. The largest absolute Gasteiger partial charge is 0.497 e. The molecule has 2 aliphatic rings. The number of imide groups is 1. The molecule has 2 aliphatic heterocycles. The summed E-state index contributed by atoms with van der Waals surface area (Å²) in [5, 5.41) is 5.29. The normalized spacial score (nSPS) is 21.8. The van der Waals surface area contributed by atoms with E-state index in [4.69, 9.17) is 4.74 Å². The molecule has 1 aromatic rings. The van der Waals surface area contributed by atoms with Crippen LogP contribution in [0.25, 0.3) is 0 Å². The van der Waals surface area contributed by atoms with Crippen LogP contribution in [-0.2, 0) is 11.3 Å². The van der Waals surface area contributed by atoms with E-state index in [1.54, 1.807) is 24.1 Å². The van der Waals surface area contributed by atoms with E-state index in [1.807, 2.05) is 19.9 Å². The number of amides is 4. The molecule has 3 rings (SSSR count). The summed E-state index contributed by atoms with van der Waals surface area (Å²) in [5.74, 6) is 0.0863. The monoisotopic (exact) mass is 378 g/mol. The summed E-state index contributed by atoms with van der Waals surface area (Å²) in [4.78, 5) is 38.5. The van der Waals surface area contributed by atoms with Crippen LogP contribution in [-0.4, -0.2) is 53.7 Å². The minimum absolute atomic E-state index is 0.0893. The van der Waals surface area contributed by atoms with Gasteiger partial charge >= 0.3 is 6.03 Å². The zero-order chi connectivity index (χ0) is 18.9. The summed E-state index contributed by atoms with van der Waals surface area (Å²) in [6.45, 7) is 4.72. The SMILES string of the molecule is COc1ccc2c(c1)CN(CC1(CNSC(C)C)NC(=O)NC1=O)C2=O. The lowest BCUT2D eigenvalue weighted by atomic mass is 9.99. The average molecular weight is 378 g/mol. The van der Waals surface area contributed by atoms with Gasteiger partial charge in [0.15, 0.2) is 5.54 Å². The average Bonchev–Trinajstić information content (AvgIpc) is 3.03. The van der Waals surface area contributed by atoms with Crippen LogP contribution in [0.4, 0.5) is 4.79 Å². The number of carbonyl (C=O) groups is 3. The maximum Gasteiger partial charge on any atom is 0.322 e. The summed E-state index contributed by atoms with van der Waals surface area (Å²) in [6, 6.07) is 4.74. The standard InChI is InChI=1S/C17H22N4O4S/c1-10(2)26-18-8-17(15(23)19-16(24)20-17)9-21-7-11-6-12(25-3)4-5-13(11)14(21)22/h4-6,10,18H,7-9H2,1-3H3,(H2,19,20,23,24). The molecule has 1 atom stereocenters. The molecule has 0 bridgehead atoms. The van der Waals surface area contributed by atoms with E-state index in [0.717, 1.165) is 5.56 Å². The van der Waals surface area contributed by atoms with E-state index >= 15 is 0 Å². The molecule has 0 saturated carbocycles. The van der Waals surface area contributed by atoms with Gasteiger partial charge in [0.25, 0.3) is 11.8 Å². The Morgan fingerprint density at radius 3 is 2.73 bits per heavy atom. The second-order valence-corrected chi connectivity index (χ2v) is 8.13. The molecule has 140 valence electrons. The van der Waals surface area contributed by atoms with Crippen molar-refractivity contribution < 1.29 is 19.1 Å². The van der Waals surface area contributed by atoms with E-state index in [2.05, 4.69) is 15.4 Å². The topological polar surface area (TPSA) is 99.8 Å². The third-order valence-corrected chi connectivity index (χ3v) is 5.14. The number of methoxy groups -OCH3 is 1. The van der Waals surface area contributed by atoms with Gasteiger partial charge in [-0.15, -0.1) is 0 Å². The van der Waals surface area contributed by atoms with Crippen molar-refractivity contribution in [1.29, 1.82) is 0 Å². The Labute approximate surface area is 156 Å². The predicted molar refractivity (Wildman–Crippen MR) is 97.9 cm³/mol. The summed E-state index contributed by atoms with van der Waals surface area (Å²) < 4.78 is 8.34. The lowest BCUT2D eigenvalue weighted by Crippen LogP contribution is -2.60. The predicted octanol–water partition coefficient (Wildman–Crippen LogP) is 0.875. The third kappa shape index (κ3) is 3.49. The molecule has 0 aromatic heterocycles. The van der Waals surface area contributed by atoms with E-state index in [-0.39, 0.29) is 19.0 Å². The highest BCUT2D eigenvalue weighted by molar-refractivity contribution is 7.97. The smallest absolute Gasteiger partial charge is 0.322 e. The first-order valence-electron chi connectivity index (χ1n) is 8.33. The number of rotatable bonds is 7. The second-order valence-electron chi connectivity index (χ2n) is 6.66. The zero-order valence-electron chi connectivity index (χ0n) is 14.9. The number of hydrogen-bond acceptors (Lipinski definition) is 6. The van der Waals surface area contributed by atoms with Crippen LogP contribution in [0.1, 0.15) is 29.8 Å². The lowest BCUT2D eigenvalue weighted by molar-refractivity contribution is -0.124. The number of nitrogens with one attached hydrogen (secondary N) is 3. The van der Waals surface area contributed by atoms with Crippen LogP contribution in [0, 0.1) is 0 Å². The highest BCUT2D eigenvalue weighted by Crippen LogP contribution is 2.28. The van der Waals surface area contributed by atoms with Crippen molar-refractivity contribution in [2.24, 2.45) is 0 Å². The van der Waals surface area contributed by atoms with Gasteiger partial charge in [0.2, 0.25) is 0 Å². The molecule has 1 fully saturated rings. The Hall–Kier alpha value is -2.26. The molecular formula is C17H22N4O4S. The molecule has 1 saturated heterocycles. The molecule has 0 aliphatic carbocycles. The first-order valence-corrected chi connectivity index (χ1v) is 9.21. The number of carbonyl (C=O) groups excluding carboxylic acids is 3. The first-order chi connectivity index (χ1) is 12.3. The van der Waals surface area contributed by atoms with Crippen LogP contribution in [0.3, 0.4) is 0 Å². The van der Waals surface area contributed by atoms with Crippen molar-refractivity contribution >= 4 is 29.8 Å². The number of hydrogen-bond donors (Lipinski definition) is 3. The Kier molecular flexibility index (Phi) is 5.10. The Balaban J connectivity index is 1.78. The highest BCUT2D eigenvalue weighted by Gasteiger charge is 2.49. The van der Waals surface area contributed by atoms with Crippen molar-refractivity contribution in [3.63, 3.8) is 0 Å². The minimum Gasteiger partial charge on any atom is -0.497 e. The van der Waals surface area contributed by atoms with Crippen LogP contribution in [0.15, 0.2) is 18.2 Å². The number of urea groups is 1. The van der Waals surface area contributed by atoms with Gasteiger partial charge in [-0.3, -0.25) is 19.6 Å². The minimum atomic E-state index is -1.19. The van der Waals surface area contributed by atoms with Crippen molar-refractivity contribution in [3.8, 4) is 5.75 Å². The summed E-state index contributed by atoms with van der Waals surface area (Å²) in [6.07, 6.45) is 0. The van der Waals surface area contributed by atoms with Gasteiger partial charge in [-0.1, -0.05) is 25.8 Å². The summed E-state index contributed by atoms with van der Waals surface area (Å²) in [7, 11) is 1.57. The maximum absolute atomic E-state index is 12.7. The molecule has 0 radical (unpaired) electrons. The lowest BCUT2D eigenvalue weighted by Gasteiger charge is -2.31. The summed E-state index contributed by atoms with van der Waals surface area (Å²) in [5.41, 5.74) is 0.245. The quantitative estimate of drug-likeness (QED) is 0.481. The molecule has 4 amide bonds. The molecule has 26 heavy (non-hydrogen) atoms. The highest BCUT2D eigenvalue weighted by atomic mass is 32.2. The Morgan fingerprint density at radius 2 is 2.12 bits per heavy atom. The van der Waals surface area contributed by atoms with Crippen LogP contribution in [0.5, 0.6) is 5.75 Å². The van der Waals surface area contributed by atoms with Crippen molar-refractivity contribution in [2.45, 2.75) is 31.2 Å². The number of benzene rings is 1. The van der Waals surface area contributed by atoms with Gasteiger partial charge in [-0.05, 0) is 23.8 Å². The van der Waals surface area contributed by atoms with Gasteiger partial charge < -0.3 is 15.0 Å². The second kappa shape index (κ2) is 7.16. The van der Waals surface area contributed by atoms with Gasteiger partial charge in [0.05, 0.1) is 13.7 Å². The zero-order valence-corrected chi connectivity index (χ0v) is 15.7. The Morgan fingerprint density at radius 1 is 1.35 bits per heavy atom. The van der Waals surface area contributed by atoms with E-state index in [0.29, 0.717) is 23.1 Å². The first kappa shape index (κ1) is 18.5. The molecule has 3 N–H and O–H groups in total. The molecule has 8 nitrogen and oxygen atoms in total. The number of fused-ring (bicyclic) bond motifs is 1. The van der Waals surface area contributed by atoms with Crippen molar-refractivity contribution in [3.05, 3.63) is 29.3 Å². The third-order valence-electron chi connectivity index (χ3n) is 4.36. The van der Waals surface area contributed by atoms with Crippen molar-refractivity contribution in [1.82, 2.24) is 20.3 Å². The molecule has 0 spiro atoms. The van der Waals surface area contributed by atoms with E-state index in [1.165, 1.54) is 11.9 Å². The fourth-order valence-electron chi connectivity index (χ4n) is 3.09. The fraction of sp³-hybridized carbons (Fsp3) is 0.471. The van der Waals surface area contributed by atoms with E-state index in [9.17, 15) is 14.4 Å². The molecular weight excluding hydrogens is 356 g/mol. The van der Waals surface area contributed by atoms with Crippen LogP contribution < -0.4 is 20.1 Å². The Bertz CT molecular complexity index is 754. The number of nitrogens with zero attached hydrogens (tertiary/aromatic N) is 1. The fourth-order valence-corrected chi connectivity index (χ4v) is 3.75. The molecule has 1 aromatic carbocycles. The van der Waals surface area contributed by atoms with Gasteiger partial charge in [-0.2, -0.15) is 0 Å². The van der Waals surface area contributed by atoms with Crippen molar-refractivity contribution in [2.75, 3.05) is 20.2 Å². The van der Waals surface area contributed by atoms with Gasteiger partial charge in [0, 0.05) is 23.9 Å². The van der Waals surface area contributed by atoms with Gasteiger partial charge in [-0.25, -0.2) is 4.79 Å². The number of ether oxygens (including phenoxy) is 1.